The minimum absolute atomic E-state index is 0.577. The predicted octanol–water partition coefficient (Wildman–Crippen LogP) is -0.456. The third-order valence-corrected chi connectivity index (χ3v) is 0.719. The van der Waals surface area contributed by atoms with Crippen molar-refractivity contribution in [2.75, 3.05) is 6.61 Å². The van der Waals surface area contributed by atoms with Crippen LogP contribution in [0.1, 0.15) is 27.7 Å². The Morgan fingerprint density at radius 2 is 1.25 bits per heavy atom. The lowest BCUT2D eigenvalue weighted by Gasteiger charge is -2.11. The third-order valence-electron chi connectivity index (χ3n) is 0.719. The Morgan fingerprint density at radius 3 is 1.45 bits per heavy atom. The van der Waals surface area contributed by atoms with E-state index in [9.17, 15) is 9.59 Å². The number of aliphatic hydroxyl groups is 1. The van der Waals surface area contributed by atoms with Crippen LogP contribution in [0.4, 0.5) is 0 Å². The molecule has 0 spiro atoms. The van der Waals surface area contributed by atoms with Crippen molar-refractivity contribution < 1.29 is 49.0 Å². The molecule has 3 N–H and O–H groups in total. The highest BCUT2D eigenvalue weighted by molar-refractivity contribution is 5.66. The quantitative estimate of drug-likeness (QED) is 0.268. The number of aliphatic carboxylic acids is 2. The van der Waals surface area contributed by atoms with Gasteiger partial charge in [-0.05, 0) is 0 Å². The minimum atomic E-state index is -1.26. The average molecular weight is 298 g/mol. The van der Waals surface area contributed by atoms with Crippen LogP contribution in [-0.4, -0.2) is 52.1 Å². The second-order valence-electron chi connectivity index (χ2n) is 2.93. The Bertz CT molecular complexity index is 291. The summed E-state index contributed by atoms with van der Waals surface area (Å²) in [6.45, 7) is 3.84. The fourth-order valence-electron chi connectivity index (χ4n) is 0.394. The first-order chi connectivity index (χ1) is 9.02. The summed E-state index contributed by atoms with van der Waals surface area (Å²) in [6, 6.07) is 0. The maximum Gasteiger partial charge on any atom is 0.339 e. The number of carbonyl (C=O) groups is 4. The van der Waals surface area contributed by atoms with Gasteiger partial charge in [-0.1, -0.05) is 0 Å². The van der Waals surface area contributed by atoms with Crippen LogP contribution in [0.25, 0.3) is 0 Å². The molecular formula is C10H18O10. The van der Waals surface area contributed by atoms with Gasteiger partial charge >= 0.3 is 11.9 Å². The fraction of sp³-hybridized carbons (Fsp3) is 0.600. The highest BCUT2D eigenvalue weighted by Crippen LogP contribution is 1.95. The van der Waals surface area contributed by atoms with Gasteiger partial charge in [0, 0.05) is 27.7 Å². The molecule has 0 saturated heterocycles. The summed E-state index contributed by atoms with van der Waals surface area (Å²) in [6.07, 6.45) is -1.26. The van der Waals surface area contributed by atoms with E-state index >= 15 is 0 Å². The summed E-state index contributed by atoms with van der Waals surface area (Å²) in [5.74, 6) is -3.00. The van der Waals surface area contributed by atoms with Crippen LogP contribution in [0.3, 0.4) is 0 Å². The van der Waals surface area contributed by atoms with Crippen molar-refractivity contribution in [1.29, 1.82) is 0 Å². The van der Waals surface area contributed by atoms with Gasteiger partial charge in [-0.2, -0.15) is 0 Å². The van der Waals surface area contributed by atoms with E-state index in [1.54, 1.807) is 0 Å². The van der Waals surface area contributed by atoms with Crippen LogP contribution in [0, 0.1) is 0 Å². The molecule has 0 aliphatic rings. The molecule has 0 bridgehead atoms. The molecule has 10 nitrogen and oxygen atoms in total. The second kappa shape index (κ2) is 14.9. The number of aliphatic hydroxyl groups excluding tert-OH is 1. The Hall–Kier alpha value is -2.20. The first-order valence-electron chi connectivity index (χ1n) is 5.03. The van der Waals surface area contributed by atoms with Crippen LogP contribution in [0.15, 0.2) is 0 Å². The molecule has 0 saturated carbocycles. The van der Waals surface area contributed by atoms with E-state index in [-0.39, 0.29) is 0 Å². The molecule has 10 heteroatoms. The number of hydrogen-bond donors (Lipinski definition) is 3. The number of carboxylic acids is 2. The van der Waals surface area contributed by atoms with Crippen molar-refractivity contribution in [2.24, 2.45) is 0 Å². The number of hydrogen-bond acceptors (Lipinski definition) is 8. The highest BCUT2D eigenvalue weighted by Gasteiger charge is 2.13. The van der Waals surface area contributed by atoms with Crippen LogP contribution in [0.5, 0.6) is 0 Å². The van der Waals surface area contributed by atoms with E-state index in [2.05, 4.69) is 14.5 Å². The standard InChI is InChI=1S/C6H10O6.2C2H4O2/c1-4(8)10-6(3-7)12-11-5(2)9;2*1-2(3)4/h6-7H,3H2,1-2H3;2*1H3,(H,3,4). The van der Waals surface area contributed by atoms with E-state index in [4.69, 9.17) is 24.9 Å². The molecule has 0 aliphatic heterocycles. The summed E-state index contributed by atoms with van der Waals surface area (Å²) in [4.78, 5) is 46.7. The zero-order valence-corrected chi connectivity index (χ0v) is 11.5. The van der Waals surface area contributed by atoms with E-state index in [0.717, 1.165) is 27.7 Å². The van der Waals surface area contributed by atoms with Crippen molar-refractivity contribution in [3.8, 4) is 0 Å². The number of carboxylic acid groups (broad SMARTS) is 2. The van der Waals surface area contributed by atoms with Crippen molar-refractivity contribution in [3.05, 3.63) is 0 Å². The lowest BCUT2D eigenvalue weighted by atomic mass is 10.7. The normalized spacial score (nSPS) is 9.65. The molecule has 118 valence electrons. The van der Waals surface area contributed by atoms with Gasteiger partial charge in [0.05, 0.1) is 0 Å². The molecule has 0 aromatic carbocycles. The van der Waals surface area contributed by atoms with Crippen molar-refractivity contribution >= 4 is 23.9 Å². The SMILES string of the molecule is CC(=O)O.CC(=O)O.CC(=O)OOC(CO)OC(C)=O. The van der Waals surface area contributed by atoms with Gasteiger partial charge in [0.25, 0.3) is 18.2 Å². The smallest absolute Gasteiger partial charge is 0.339 e. The van der Waals surface area contributed by atoms with Crippen LogP contribution in [0.2, 0.25) is 0 Å². The predicted molar refractivity (Wildman–Crippen MR) is 62.1 cm³/mol. The monoisotopic (exact) mass is 298 g/mol. The van der Waals surface area contributed by atoms with Crippen molar-refractivity contribution in [1.82, 2.24) is 0 Å². The average Bonchev–Trinajstić information content (AvgIpc) is 2.21. The Labute approximate surface area is 114 Å². The van der Waals surface area contributed by atoms with E-state index < -0.39 is 36.8 Å². The molecule has 0 aliphatic carbocycles. The molecule has 0 heterocycles. The Kier molecular flexibility index (Phi) is 17.0. The maximum atomic E-state index is 10.3. The molecule has 1 unspecified atom stereocenters. The molecule has 0 aromatic heterocycles. The molecule has 0 fully saturated rings. The second-order valence-corrected chi connectivity index (χ2v) is 2.93. The highest BCUT2D eigenvalue weighted by atomic mass is 17.2. The summed E-state index contributed by atoms with van der Waals surface area (Å²) >= 11 is 0. The van der Waals surface area contributed by atoms with Gasteiger partial charge in [-0.3, -0.25) is 19.3 Å². The van der Waals surface area contributed by atoms with E-state index in [1.165, 1.54) is 0 Å². The lowest BCUT2D eigenvalue weighted by Crippen LogP contribution is -2.24. The number of ether oxygens (including phenoxy) is 1. The van der Waals surface area contributed by atoms with Gasteiger partial charge in [0.2, 0.25) is 0 Å². The molecule has 1 atom stereocenters. The Morgan fingerprint density at radius 1 is 0.900 bits per heavy atom. The molecule has 20 heavy (non-hydrogen) atoms. The summed E-state index contributed by atoms with van der Waals surface area (Å²) in [5.41, 5.74) is 0. The van der Waals surface area contributed by atoms with Crippen LogP contribution in [-0.2, 0) is 33.7 Å². The topological polar surface area (TPSA) is 157 Å². The van der Waals surface area contributed by atoms with Crippen molar-refractivity contribution in [2.45, 2.75) is 34.0 Å². The third kappa shape index (κ3) is 44.7. The van der Waals surface area contributed by atoms with Gasteiger partial charge in [-0.15, -0.1) is 4.89 Å². The summed E-state index contributed by atoms with van der Waals surface area (Å²) in [5, 5.41) is 23.3. The summed E-state index contributed by atoms with van der Waals surface area (Å²) < 4.78 is 4.36. The van der Waals surface area contributed by atoms with Crippen molar-refractivity contribution in [3.63, 3.8) is 0 Å². The largest absolute Gasteiger partial charge is 0.481 e. The lowest BCUT2D eigenvalue weighted by molar-refractivity contribution is -0.348. The fourth-order valence-corrected chi connectivity index (χ4v) is 0.394. The van der Waals surface area contributed by atoms with E-state index in [1.807, 2.05) is 0 Å². The maximum absolute atomic E-state index is 10.3. The number of esters is 1. The van der Waals surface area contributed by atoms with Gasteiger partial charge in [0.15, 0.2) is 0 Å². The molecule has 0 amide bonds. The van der Waals surface area contributed by atoms with Crippen LogP contribution < -0.4 is 0 Å². The number of rotatable bonds is 4. The van der Waals surface area contributed by atoms with E-state index in [0.29, 0.717) is 0 Å². The zero-order chi connectivity index (χ0) is 16.7. The first kappa shape index (κ1) is 22.9. The summed E-state index contributed by atoms with van der Waals surface area (Å²) in [7, 11) is 0. The van der Waals surface area contributed by atoms with Gasteiger partial charge in [-0.25, -0.2) is 4.79 Å². The first-order valence-corrected chi connectivity index (χ1v) is 5.03. The minimum Gasteiger partial charge on any atom is -0.481 e. The molecule has 0 rings (SSSR count). The molecule has 0 radical (unpaired) electrons. The van der Waals surface area contributed by atoms with Crippen LogP contribution >= 0.6 is 0 Å². The van der Waals surface area contributed by atoms with Gasteiger partial charge in [0.1, 0.15) is 6.61 Å². The zero-order valence-electron chi connectivity index (χ0n) is 11.5. The number of carbonyl (C=O) groups excluding carboxylic acids is 2. The van der Waals surface area contributed by atoms with Gasteiger partial charge < -0.3 is 20.1 Å². The molecule has 0 aromatic rings. The molecular weight excluding hydrogens is 280 g/mol. The Balaban J connectivity index is -0.000000297.